The van der Waals surface area contributed by atoms with E-state index in [1.54, 1.807) is 38.5 Å². The number of carbonyl (C=O) groups is 1. The topological polar surface area (TPSA) is 59.9 Å². The fraction of sp³-hybridized carbons (Fsp3) is 0.111. The van der Waals surface area contributed by atoms with Crippen molar-refractivity contribution in [1.29, 1.82) is 0 Å². The van der Waals surface area contributed by atoms with E-state index in [1.165, 1.54) is 30.0 Å². The minimum atomic E-state index is -0.524. The number of hydrogen-bond acceptors (Lipinski definition) is 5. The summed E-state index contributed by atoms with van der Waals surface area (Å²) in [6, 6.07) is 9.40. The minimum Gasteiger partial charge on any atom is -0.497 e. The van der Waals surface area contributed by atoms with Gasteiger partial charge in [-0.2, -0.15) is 0 Å². The van der Waals surface area contributed by atoms with E-state index in [1.807, 2.05) is 0 Å². The molecule has 0 bridgehead atoms. The SMILES string of the molecule is COc1ccc(OC)c(C=C2SC(=Nc3ccc(F)c(Cl)c3)NC2=O)c1. The van der Waals surface area contributed by atoms with Crippen molar-refractivity contribution in [1.82, 2.24) is 5.32 Å². The van der Waals surface area contributed by atoms with Gasteiger partial charge in [0.15, 0.2) is 5.17 Å². The van der Waals surface area contributed by atoms with Gasteiger partial charge in [-0.1, -0.05) is 11.6 Å². The lowest BCUT2D eigenvalue weighted by Crippen LogP contribution is -2.19. The number of hydrogen-bond donors (Lipinski definition) is 1. The van der Waals surface area contributed by atoms with Crippen molar-refractivity contribution in [3.05, 3.63) is 57.7 Å². The molecule has 1 aliphatic rings. The molecule has 0 radical (unpaired) electrons. The van der Waals surface area contributed by atoms with E-state index >= 15 is 0 Å². The summed E-state index contributed by atoms with van der Waals surface area (Å²) < 4.78 is 23.7. The van der Waals surface area contributed by atoms with Gasteiger partial charge in [-0.3, -0.25) is 4.79 Å². The van der Waals surface area contributed by atoms with Crippen molar-refractivity contribution in [2.45, 2.75) is 0 Å². The van der Waals surface area contributed by atoms with Gasteiger partial charge >= 0.3 is 0 Å². The standard InChI is InChI=1S/C18H14ClFN2O3S/c1-24-12-4-6-15(25-2)10(7-12)8-16-17(23)22-18(26-16)21-11-3-5-14(20)13(19)9-11/h3-9H,1-2H3,(H,21,22,23). The molecular weight excluding hydrogens is 379 g/mol. The molecule has 1 saturated heterocycles. The van der Waals surface area contributed by atoms with Crippen LogP contribution >= 0.6 is 23.4 Å². The molecule has 8 heteroatoms. The normalized spacial score (nSPS) is 16.8. The Morgan fingerprint density at radius 1 is 1.19 bits per heavy atom. The van der Waals surface area contributed by atoms with Gasteiger partial charge in [0.05, 0.1) is 29.8 Å². The molecule has 1 aliphatic heterocycles. The lowest BCUT2D eigenvalue weighted by atomic mass is 10.1. The number of nitrogens with one attached hydrogen (secondary N) is 1. The number of thioether (sulfide) groups is 1. The third-order valence-corrected chi connectivity index (χ3v) is 4.71. The van der Waals surface area contributed by atoms with E-state index in [2.05, 4.69) is 10.3 Å². The van der Waals surface area contributed by atoms with E-state index in [9.17, 15) is 9.18 Å². The van der Waals surface area contributed by atoms with Gasteiger partial charge in [0.2, 0.25) is 0 Å². The molecule has 1 fully saturated rings. The van der Waals surface area contributed by atoms with Gasteiger partial charge in [-0.15, -0.1) is 0 Å². The zero-order valence-corrected chi connectivity index (χ0v) is 15.5. The fourth-order valence-electron chi connectivity index (χ4n) is 2.25. The average Bonchev–Trinajstić information content (AvgIpc) is 2.97. The van der Waals surface area contributed by atoms with Crippen LogP contribution in [0.25, 0.3) is 6.08 Å². The number of aliphatic imine (C=N–C) groups is 1. The van der Waals surface area contributed by atoms with E-state index < -0.39 is 5.82 Å². The Kier molecular flexibility index (Phi) is 5.49. The van der Waals surface area contributed by atoms with Gasteiger partial charge < -0.3 is 14.8 Å². The first kappa shape index (κ1) is 18.3. The number of rotatable bonds is 4. The van der Waals surface area contributed by atoms with Crippen LogP contribution in [0.2, 0.25) is 5.02 Å². The van der Waals surface area contributed by atoms with Crippen molar-refractivity contribution < 1.29 is 18.7 Å². The quantitative estimate of drug-likeness (QED) is 0.784. The molecular formula is C18H14ClFN2O3S. The summed E-state index contributed by atoms with van der Waals surface area (Å²) in [6.45, 7) is 0. The fourth-order valence-corrected chi connectivity index (χ4v) is 3.25. The maximum absolute atomic E-state index is 13.2. The molecule has 5 nitrogen and oxygen atoms in total. The van der Waals surface area contributed by atoms with Crippen LogP contribution in [0.5, 0.6) is 11.5 Å². The number of amides is 1. The molecule has 134 valence electrons. The minimum absolute atomic E-state index is 0.0296. The van der Waals surface area contributed by atoms with Crippen molar-refractivity contribution in [3.63, 3.8) is 0 Å². The number of amidine groups is 1. The van der Waals surface area contributed by atoms with Crippen LogP contribution in [-0.4, -0.2) is 25.3 Å². The summed E-state index contributed by atoms with van der Waals surface area (Å²) in [5, 5.41) is 3.02. The molecule has 0 saturated carbocycles. The van der Waals surface area contributed by atoms with E-state index in [-0.39, 0.29) is 10.9 Å². The summed E-state index contributed by atoms with van der Waals surface area (Å²) >= 11 is 6.92. The van der Waals surface area contributed by atoms with E-state index in [4.69, 9.17) is 21.1 Å². The molecule has 0 aliphatic carbocycles. The molecule has 0 aromatic heterocycles. The summed E-state index contributed by atoms with van der Waals surface area (Å²) in [6.07, 6.45) is 1.70. The number of ether oxygens (including phenoxy) is 2. The van der Waals surface area contributed by atoms with Crippen LogP contribution in [0, 0.1) is 5.82 Å². The molecule has 26 heavy (non-hydrogen) atoms. The molecule has 0 atom stereocenters. The number of nitrogens with zero attached hydrogens (tertiary/aromatic N) is 1. The summed E-state index contributed by atoms with van der Waals surface area (Å²) in [5.74, 6) is 0.453. The molecule has 1 N–H and O–H groups in total. The second kappa shape index (κ2) is 7.80. The Balaban J connectivity index is 1.89. The van der Waals surface area contributed by atoms with E-state index in [0.717, 1.165) is 0 Å². The molecule has 1 amide bonds. The largest absolute Gasteiger partial charge is 0.497 e. The second-order valence-corrected chi connectivity index (χ2v) is 6.63. The van der Waals surface area contributed by atoms with Crippen molar-refractivity contribution in [3.8, 4) is 11.5 Å². The number of benzene rings is 2. The zero-order valence-electron chi connectivity index (χ0n) is 13.9. The highest BCUT2D eigenvalue weighted by Gasteiger charge is 2.24. The van der Waals surface area contributed by atoms with Gasteiger partial charge in [-0.25, -0.2) is 9.38 Å². The van der Waals surface area contributed by atoms with Gasteiger partial charge in [-0.05, 0) is 54.2 Å². The smallest absolute Gasteiger partial charge is 0.264 e. The number of carbonyl (C=O) groups excluding carboxylic acids is 1. The molecule has 2 aromatic carbocycles. The number of methoxy groups -OCH3 is 2. The summed E-state index contributed by atoms with van der Waals surface area (Å²) in [4.78, 5) is 16.9. The Hall–Kier alpha value is -2.51. The Bertz CT molecular complexity index is 931. The van der Waals surface area contributed by atoms with Crippen molar-refractivity contribution in [2.24, 2.45) is 4.99 Å². The Labute approximate surface area is 158 Å². The van der Waals surface area contributed by atoms with Crippen LogP contribution in [0.1, 0.15) is 5.56 Å². The highest BCUT2D eigenvalue weighted by Crippen LogP contribution is 2.32. The van der Waals surface area contributed by atoms with E-state index in [0.29, 0.717) is 32.8 Å². The number of halogens is 2. The molecule has 0 unspecified atom stereocenters. The molecule has 1 heterocycles. The zero-order chi connectivity index (χ0) is 18.7. The first-order valence-corrected chi connectivity index (χ1v) is 8.66. The summed E-state index contributed by atoms with van der Waals surface area (Å²) in [7, 11) is 3.12. The van der Waals surface area contributed by atoms with Gasteiger partial charge in [0.1, 0.15) is 17.3 Å². The lowest BCUT2D eigenvalue weighted by molar-refractivity contribution is -0.115. The highest BCUT2D eigenvalue weighted by molar-refractivity contribution is 8.18. The molecule has 0 spiro atoms. The average molecular weight is 393 g/mol. The third kappa shape index (κ3) is 4.00. The first-order valence-electron chi connectivity index (χ1n) is 7.47. The highest BCUT2D eigenvalue weighted by atomic mass is 35.5. The van der Waals surface area contributed by atoms with Crippen molar-refractivity contribution >= 4 is 46.2 Å². The summed E-state index contributed by atoms with van der Waals surface area (Å²) in [5.41, 5.74) is 1.15. The monoisotopic (exact) mass is 392 g/mol. The molecule has 2 aromatic rings. The lowest BCUT2D eigenvalue weighted by Gasteiger charge is -2.07. The van der Waals surface area contributed by atoms with Gasteiger partial charge in [0.25, 0.3) is 5.91 Å². The van der Waals surface area contributed by atoms with Crippen molar-refractivity contribution in [2.75, 3.05) is 14.2 Å². The van der Waals surface area contributed by atoms with Crippen LogP contribution < -0.4 is 14.8 Å². The Morgan fingerprint density at radius 2 is 2.00 bits per heavy atom. The first-order chi connectivity index (χ1) is 12.5. The third-order valence-electron chi connectivity index (χ3n) is 3.51. The maximum atomic E-state index is 13.2. The predicted octanol–water partition coefficient (Wildman–Crippen LogP) is 4.39. The maximum Gasteiger partial charge on any atom is 0.264 e. The van der Waals surface area contributed by atoms with Crippen LogP contribution in [0.15, 0.2) is 46.3 Å². The Morgan fingerprint density at radius 3 is 2.69 bits per heavy atom. The van der Waals surface area contributed by atoms with Crippen LogP contribution in [-0.2, 0) is 4.79 Å². The van der Waals surface area contributed by atoms with Gasteiger partial charge in [0, 0.05) is 5.56 Å². The second-order valence-electron chi connectivity index (χ2n) is 5.19. The molecule has 3 rings (SSSR count). The predicted molar refractivity (Wildman–Crippen MR) is 102 cm³/mol. The van der Waals surface area contributed by atoms with Crippen LogP contribution in [0.3, 0.4) is 0 Å². The van der Waals surface area contributed by atoms with Crippen LogP contribution in [0.4, 0.5) is 10.1 Å².